The number of fused-ring (bicyclic) bond motifs is 1. The molecule has 158 valence electrons. The van der Waals surface area contributed by atoms with E-state index in [0.717, 1.165) is 5.56 Å². The van der Waals surface area contributed by atoms with Crippen molar-refractivity contribution < 1.29 is 37.7 Å². The van der Waals surface area contributed by atoms with E-state index in [0.29, 0.717) is 18.7 Å². The predicted octanol–water partition coefficient (Wildman–Crippen LogP) is 1.99. The van der Waals surface area contributed by atoms with Gasteiger partial charge in [-0.05, 0) is 24.1 Å². The average Bonchev–Trinajstić information content (AvgIpc) is 2.99. The number of anilines is 1. The molecule has 1 saturated heterocycles. The molecule has 0 N–H and O–H groups in total. The fraction of sp³-hybridized carbons (Fsp3) is 0.526. The van der Waals surface area contributed by atoms with Crippen LogP contribution in [0.5, 0.6) is 0 Å². The summed E-state index contributed by atoms with van der Waals surface area (Å²) in [5, 5.41) is -0.0511. The molecule has 0 aromatic heterocycles. The Labute approximate surface area is 171 Å². The van der Waals surface area contributed by atoms with Crippen LogP contribution in [-0.2, 0) is 39.8 Å². The van der Waals surface area contributed by atoms with Crippen molar-refractivity contribution in [3.05, 3.63) is 28.5 Å². The largest absolute Gasteiger partial charge is 0.456 e. The minimum atomic E-state index is -1.08. The Bertz CT molecular complexity index is 833. The van der Waals surface area contributed by atoms with E-state index in [9.17, 15) is 18.8 Å². The highest BCUT2D eigenvalue weighted by atomic mass is 35.5. The Kier molecular flexibility index (Phi) is 6.28. The van der Waals surface area contributed by atoms with Crippen LogP contribution in [0.25, 0.3) is 0 Å². The highest BCUT2D eigenvalue weighted by Crippen LogP contribution is 2.37. The normalized spacial score (nSPS) is 25.9. The standard InChI is InChI=1S/C19H21ClFNO7/c1-9(23)27-16-8-26-19(18(29-11(3)25)17(16)28-10(2)24)22-5-4-12-6-14(21)13(20)7-15(12)22/h6-7,16-19H,4-5,8H2,1-3H3/t16-,17+,18-,19-/m1/s1. The molecule has 0 bridgehead atoms. The fourth-order valence-electron chi connectivity index (χ4n) is 3.66. The molecule has 8 nitrogen and oxygen atoms in total. The predicted molar refractivity (Wildman–Crippen MR) is 98.9 cm³/mol. The summed E-state index contributed by atoms with van der Waals surface area (Å²) in [6.07, 6.45) is -3.42. The highest BCUT2D eigenvalue weighted by molar-refractivity contribution is 6.31. The van der Waals surface area contributed by atoms with Crippen molar-refractivity contribution in [1.82, 2.24) is 0 Å². The van der Waals surface area contributed by atoms with Crippen LogP contribution in [-0.4, -0.2) is 55.6 Å². The Hall–Kier alpha value is -2.39. The maximum atomic E-state index is 13.8. The van der Waals surface area contributed by atoms with E-state index >= 15 is 0 Å². The summed E-state index contributed by atoms with van der Waals surface area (Å²) in [7, 11) is 0. The number of hydrogen-bond donors (Lipinski definition) is 0. The number of carbonyl (C=O) groups is 3. The van der Waals surface area contributed by atoms with Crippen LogP contribution in [0.2, 0.25) is 5.02 Å². The van der Waals surface area contributed by atoms with E-state index in [4.69, 9.17) is 30.5 Å². The molecular weight excluding hydrogens is 409 g/mol. The summed E-state index contributed by atoms with van der Waals surface area (Å²) in [6.45, 7) is 3.99. The van der Waals surface area contributed by atoms with Crippen LogP contribution in [0.3, 0.4) is 0 Å². The molecule has 0 saturated carbocycles. The van der Waals surface area contributed by atoms with E-state index < -0.39 is 48.3 Å². The first kappa shape index (κ1) is 21.3. The molecule has 10 heteroatoms. The lowest BCUT2D eigenvalue weighted by molar-refractivity contribution is -0.225. The molecule has 1 aromatic carbocycles. The average molecular weight is 430 g/mol. The Morgan fingerprint density at radius 3 is 2.31 bits per heavy atom. The van der Waals surface area contributed by atoms with E-state index in [1.807, 2.05) is 0 Å². The number of benzene rings is 1. The Balaban J connectivity index is 1.96. The number of halogens is 2. The molecule has 0 unspecified atom stereocenters. The molecule has 0 radical (unpaired) electrons. The second-order valence-electron chi connectivity index (χ2n) is 6.86. The third kappa shape index (κ3) is 4.62. The molecule has 0 amide bonds. The number of hydrogen-bond acceptors (Lipinski definition) is 8. The first-order chi connectivity index (χ1) is 13.7. The molecule has 1 aromatic rings. The van der Waals surface area contributed by atoms with Crippen LogP contribution in [0, 0.1) is 5.82 Å². The second-order valence-corrected chi connectivity index (χ2v) is 7.27. The maximum Gasteiger partial charge on any atom is 0.303 e. The van der Waals surface area contributed by atoms with Crippen molar-refractivity contribution in [3.8, 4) is 0 Å². The molecule has 29 heavy (non-hydrogen) atoms. The van der Waals surface area contributed by atoms with Gasteiger partial charge in [-0.2, -0.15) is 0 Å². The molecule has 4 atom stereocenters. The minimum absolute atomic E-state index is 0.0511. The highest BCUT2D eigenvalue weighted by Gasteiger charge is 2.50. The monoisotopic (exact) mass is 429 g/mol. The summed E-state index contributed by atoms with van der Waals surface area (Å²) in [5.41, 5.74) is 1.36. The molecule has 1 fully saturated rings. The van der Waals surface area contributed by atoms with Gasteiger partial charge in [-0.15, -0.1) is 0 Å². The zero-order chi connectivity index (χ0) is 21.3. The van der Waals surface area contributed by atoms with Crippen LogP contribution in [0.4, 0.5) is 10.1 Å². The van der Waals surface area contributed by atoms with Crippen molar-refractivity contribution in [2.45, 2.75) is 51.7 Å². The number of nitrogens with zero attached hydrogens (tertiary/aromatic N) is 1. The van der Waals surface area contributed by atoms with E-state index in [2.05, 4.69) is 0 Å². The maximum absolute atomic E-state index is 13.8. The van der Waals surface area contributed by atoms with E-state index in [-0.39, 0.29) is 11.6 Å². The third-order valence-corrected chi connectivity index (χ3v) is 4.97. The molecular formula is C19H21ClFNO7. The topological polar surface area (TPSA) is 91.4 Å². The van der Waals surface area contributed by atoms with E-state index in [1.165, 1.54) is 32.9 Å². The van der Waals surface area contributed by atoms with Gasteiger partial charge in [0.25, 0.3) is 0 Å². The summed E-state index contributed by atoms with van der Waals surface area (Å²) in [5.74, 6) is -2.37. The lowest BCUT2D eigenvalue weighted by Gasteiger charge is -2.44. The molecule has 0 aliphatic carbocycles. The van der Waals surface area contributed by atoms with Gasteiger partial charge in [-0.3, -0.25) is 14.4 Å². The van der Waals surface area contributed by atoms with Crippen molar-refractivity contribution in [1.29, 1.82) is 0 Å². The van der Waals surface area contributed by atoms with Crippen LogP contribution >= 0.6 is 11.6 Å². The molecule has 2 heterocycles. The third-order valence-electron chi connectivity index (χ3n) is 4.68. The second kappa shape index (κ2) is 8.54. The number of ether oxygens (including phenoxy) is 4. The first-order valence-electron chi connectivity index (χ1n) is 9.05. The zero-order valence-electron chi connectivity index (χ0n) is 16.1. The number of rotatable bonds is 4. The zero-order valence-corrected chi connectivity index (χ0v) is 16.9. The number of esters is 3. The van der Waals surface area contributed by atoms with Gasteiger partial charge in [0.1, 0.15) is 5.82 Å². The summed E-state index contributed by atoms with van der Waals surface area (Å²) >= 11 is 5.94. The summed E-state index contributed by atoms with van der Waals surface area (Å²) in [6, 6.07) is 2.83. The first-order valence-corrected chi connectivity index (χ1v) is 9.43. The van der Waals surface area contributed by atoms with Gasteiger partial charge in [0.2, 0.25) is 0 Å². The molecule has 3 rings (SSSR count). The summed E-state index contributed by atoms with van der Waals surface area (Å²) < 4.78 is 35.7. The van der Waals surface area contributed by atoms with Crippen molar-refractivity contribution in [2.75, 3.05) is 18.1 Å². The van der Waals surface area contributed by atoms with Gasteiger partial charge >= 0.3 is 17.9 Å². The smallest absolute Gasteiger partial charge is 0.303 e. The molecule has 2 aliphatic heterocycles. The quantitative estimate of drug-likeness (QED) is 0.530. The van der Waals surface area contributed by atoms with Gasteiger partial charge in [0.05, 0.1) is 11.6 Å². The van der Waals surface area contributed by atoms with Gasteiger partial charge < -0.3 is 23.8 Å². The van der Waals surface area contributed by atoms with Crippen LogP contribution < -0.4 is 4.90 Å². The lowest BCUT2D eigenvalue weighted by Crippen LogP contribution is -2.62. The molecule has 2 aliphatic rings. The summed E-state index contributed by atoms with van der Waals surface area (Å²) in [4.78, 5) is 36.7. The van der Waals surface area contributed by atoms with Gasteiger partial charge in [-0.1, -0.05) is 11.6 Å². The van der Waals surface area contributed by atoms with Gasteiger partial charge in [0.15, 0.2) is 24.5 Å². The van der Waals surface area contributed by atoms with E-state index in [1.54, 1.807) is 4.90 Å². The lowest BCUT2D eigenvalue weighted by atomic mass is 10.0. The minimum Gasteiger partial charge on any atom is -0.456 e. The van der Waals surface area contributed by atoms with Crippen LogP contribution in [0.15, 0.2) is 12.1 Å². The van der Waals surface area contributed by atoms with Crippen molar-refractivity contribution >= 4 is 35.2 Å². The van der Waals surface area contributed by atoms with Crippen molar-refractivity contribution in [2.24, 2.45) is 0 Å². The Morgan fingerprint density at radius 1 is 1.07 bits per heavy atom. The van der Waals surface area contributed by atoms with Gasteiger partial charge in [-0.25, -0.2) is 4.39 Å². The number of carbonyl (C=O) groups excluding carboxylic acids is 3. The van der Waals surface area contributed by atoms with Gasteiger partial charge in [0, 0.05) is 33.0 Å². The molecule has 0 spiro atoms. The van der Waals surface area contributed by atoms with Crippen molar-refractivity contribution in [3.63, 3.8) is 0 Å². The Morgan fingerprint density at radius 2 is 1.69 bits per heavy atom. The SMILES string of the molecule is CC(=O)O[C@@H]1[C@@H](OC(C)=O)[C@H](OC(C)=O)CO[C@H]1N1CCc2cc(F)c(Cl)cc21. The van der Waals surface area contributed by atoms with Crippen LogP contribution in [0.1, 0.15) is 26.3 Å². The fourth-order valence-corrected chi connectivity index (χ4v) is 3.82.